The number of aliphatic hydroxyl groups excluding tert-OH is 1. The van der Waals surface area contributed by atoms with Gasteiger partial charge in [-0.2, -0.15) is 0 Å². The number of ether oxygens (including phenoxy) is 1. The standard InChI is InChI=1S/C24H18FN3O7S/c1-3-35-23(32)21-12(2)26-24(36-21)27-18(13-6-10-16(11-7-13)28(33)34)17(20(30)22(27)31)19(29)14-4-8-15(25)9-5-14/h4-11,18,29H,3H2,1-2H3/t18-/m1/s1. The molecule has 184 valence electrons. The van der Waals surface area contributed by atoms with E-state index in [2.05, 4.69) is 4.98 Å². The maximum Gasteiger partial charge on any atom is 0.350 e. The molecule has 0 saturated carbocycles. The monoisotopic (exact) mass is 511 g/mol. The first-order valence-corrected chi connectivity index (χ1v) is 11.4. The van der Waals surface area contributed by atoms with Crippen LogP contribution in [0.15, 0.2) is 54.1 Å². The molecule has 0 unspecified atom stereocenters. The van der Waals surface area contributed by atoms with E-state index in [0.717, 1.165) is 28.4 Å². The number of non-ortho nitro benzene ring substituents is 1. The minimum absolute atomic E-state index is 0.000776. The number of nitro benzene ring substituents is 1. The van der Waals surface area contributed by atoms with Crippen molar-refractivity contribution in [3.05, 3.63) is 91.7 Å². The zero-order chi connectivity index (χ0) is 26.1. The molecule has 1 N–H and O–H groups in total. The molecule has 0 radical (unpaired) electrons. The Balaban J connectivity index is 1.91. The Hall–Kier alpha value is -4.45. The molecule has 2 heterocycles. The molecular formula is C24H18FN3O7S. The van der Waals surface area contributed by atoms with Gasteiger partial charge in [0.25, 0.3) is 11.5 Å². The van der Waals surface area contributed by atoms with Crippen molar-refractivity contribution in [2.24, 2.45) is 0 Å². The maximum absolute atomic E-state index is 13.4. The van der Waals surface area contributed by atoms with Crippen LogP contribution in [-0.2, 0) is 14.3 Å². The van der Waals surface area contributed by atoms with E-state index >= 15 is 0 Å². The van der Waals surface area contributed by atoms with Crippen molar-refractivity contribution >= 4 is 45.6 Å². The highest BCUT2D eigenvalue weighted by Gasteiger charge is 2.48. The first-order valence-electron chi connectivity index (χ1n) is 10.6. The van der Waals surface area contributed by atoms with Gasteiger partial charge in [-0.1, -0.05) is 11.3 Å². The number of benzene rings is 2. The molecule has 1 amide bonds. The number of aliphatic hydroxyl groups is 1. The average molecular weight is 511 g/mol. The first kappa shape index (κ1) is 24.7. The fourth-order valence-corrected chi connectivity index (χ4v) is 4.75. The van der Waals surface area contributed by atoms with Crippen molar-refractivity contribution in [3.8, 4) is 0 Å². The lowest BCUT2D eigenvalue weighted by atomic mass is 9.95. The summed E-state index contributed by atoms with van der Waals surface area (Å²) in [5, 5.41) is 22.1. The number of Topliss-reactive ketones (excluding diaryl/α,β-unsaturated/α-hetero) is 1. The van der Waals surface area contributed by atoms with Crippen LogP contribution in [0.5, 0.6) is 0 Å². The van der Waals surface area contributed by atoms with Gasteiger partial charge in [0, 0.05) is 17.7 Å². The first-order chi connectivity index (χ1) is 17.1. The van der Waals surface area contributed by atoms with Crippen LogP contribution < -0.4 is 4.90 Å². The van der Waals surface area contributed by atoms with Gasteiger partial charge in [-0.3, -0.25) is 24.6 Å². The molecule has 1 atom stereocenters. The quantitative estimate of drug-likeness (QED) is 0.129. The highest BCUT2D eigenvalue weighted by molar-refractivity contribution is 7.17. The van der Waals surface area contributed by atoms with Crippen molar-refractivity contribution in [1.29, 1.82) is 0 Å². The van der Waals surface area contributed by atoms with Gasteiger partial charge in [0.2, 0.25) is 0 Å². The summed E-state index contributed by atoms with van der Waals surface area (Å²) in [4.78, 5) is 54.6. The van der Waals surface area contributed by atoms with Crippen LogP contribution in [0, 0.1) is 22.9 Å². The molecule has 36 heavy (non-hydrogen) atoms. The summed E-state index contributed by atoms with van der Waals surface area (Å²) >= 11 is 0.834. The fourth-order valence-electron chi connectivity index (χ4n) is 3.76. The normalized spacial score (nSPS) is 16.9. The summed E-state index contributed by atoms with van der Waals surface area (Å²) in [6.45, 7) is 3.30. The third-order valence-corrected chi connectivity index (χ3v) is 6.57. The number of hydrogen-bond donors (Lipinski definition) is 1. The SMILES string of the molecule is CCOC(=O)c1sc(N2C(=O)C(=O)C(=C(O)c3ccc(F)cc3)[C@H]2c2ccc([N+](=O)[O-])cc2)nc1C. The number of amides is 1. The number of aryl methyl sites for hydroxylation is 1. The molecule has 0 spiro atoms. The van der Waals surface area contributed by atoms with Crippen LogP contribution in [0.3, 0.4) is 0 Å². The smallest absolute Gasteiger partial charge is 0.350 e. The number of nitrogens with zero attached hydrogens (tertiary/aromatic N) is 3. The lowest BCUT2D eigenvalue weighted by Crippen LogP contribution is -2.29. The third-order valence-electron chi connectivity index (χ3n) is 5.43. The molecule has 0 aliphatic carbocycles. The number of carbonyl (C=O) groups excluding carboxylic acids is 3. The number of rotatable bonds is 6. The van der Waals surface area contributed by atoms with Gasteiger partial charge in [0.1, 0.15) is 16.5 Å². The molecule has 3 aromatic rings. The van der Waals surface area contributed by atoms with Gasteiger partial charge < -0.3 is 9.84 Å². The second-order valence-electron chi connectivity index (χ2n) is 7.66. The van der Waals surface area contributed by atoms with E-state index in [1.54, 1.807) is 13.8 Å². The number of hydrogen-bond acceptors (Lipinski definition) is 9. The Morgan fingerprint density at radius 2 is 1.83 bits per heavy atom. The van der Waals surface area contributed by atoms with E-state index in [0.29, 0.717) is 0 Å². The molecule has 10 nitrogen and oxygen atoms in total. The number of ketones is 1. The number of aromatic nitrogens is 1. The van der Waals surface area contributed by atoms with Gasteiger partial charge in [0.15, 0.2) is 5.13 Å². The predicted molar refractivity (Wildman–Crippen MR) is 127 cm³/mol. The Bertz CT molecular complexity index is 1410. The minimum atomic E-state index is -1.23. The lowest BCUT2D eigenvalue weighted by molar-refractivity contribution is -0.384. The highest BCUT2D eigenvalue weighted by Crippen LogP contribution is 2.44. The van der Waals surface area contributed by atoms with Crippen molar-refractivity contribution < 1.29 is 33.5 Å². The van der Waals surface area contributed by atoms with Gasteiger partial charge in [-0.25, -0.2) is 14.2 Å². The average Bonchev–Trinajstić information content (AvgIpc) is 3.36. The molecule has 1 fully saturated rings. The Kier molecular flexibility index (Phi) is 6.62. The summed E-state index contributed by atoms with van der Waals surface area (Å²) in [7, 11) is 0. The molecule has 1 aliphatic heterocycles. The van der Waals surface area contributed by atoms with E-state index in [9.17, 15) is 34.0 Å². The third kappa shape index (κ3) is 4.33. The maximum atomic E-state index is 13.4. The second-order valence-corrected chi connectivity index (χ2v) is 8.63. The zero-order valence-corrected chi connectivity index (χ0v) is 19.7. The van der Waals surface area contributed by atoms with Crippen molar-refractivity contribution in [2.75, 3.05) is 11.5 Å². The molecule has 0 bridgehead atoms. The fraction of sp³-hybridized carbons (Fsp3) is 0.167. The number of thiazole rings is 1. The molecule has 4 rings (SSSR count). The predicted octanol–water partition coefficient (Wildman–Crippen LogP) is 4.30. The topological polar surface area (TPSA) is 140 Å². The highest BCUT2D eigenvalue weighted by atomic mass is 32.1. The van der Waals surface area contributed by atoms with Crippen LogP contribution in [0.1, 0.15) is 39.5 Å². The van der Waals surface area contributed by atoms with Crippen molar-refractivity contribution in [1.82, 2.24) is 4.98 Å². The number of nitro groups is 1. The van der Waals surface area contributed by atoms with Crippen molar-refractivity contribution in [2.45, 2.75) is 19.9 Å². The van der Waals surface area contributed by atoms with E-state index in [1.807, 2.05) is 0 Å². The van der Waals surface area contributed by atoms with E-state index in [1.165, 1.54) is 36.4 Å². The molecule has 1 aromatic heterocycles. The van der Waals surface area contributed by atoms with Crippen LogP contribution in [0.4, 0.5) is 15.2 Å². The number of carbonyl (C=O) groups is 3. The van der Waals surface area contributed by atoms with E-state index in [-0.39, 0.29) is 44.7 Å². The Morgan fingerprint density at radius 1 is 1.19 bits per heavy atom. The summed E-state index contributed by atoms with van der Waals surface area (Å²) in [6.07, 6.45) is 0. The van der Waals surface area contributed by atoms with Crippen LogP contribution in [0.25, 0.3) is 5.76 Å². The van der Waals surface area contributed by atoms with E-state index < -0.39 is 40.2 Å². The summed E-state index contributed by atoms with van der Waals surface area (Å²) in [5.41, 5.74) is 0.101. The number of anilines is 1. The van der Waals surface area contributed by atoms with Gasteiger partial charge in [0.05, 0.1) is 28.8 Å². The minimum Gasteiger partial charge on any atom is -0.507 e. The molecule has 2 aromatic carbocycles. The Morgan fingerprint density at radius 3 is 2.42 bits per heavy atom. The van der Waals surface area contributed by atoms with Gasteiger partial charge in [-0.05, 0) is 55.8 Å². The van der Waals surface area contributed by atoms with Gasteiger partial charge >= 0.3 is 11.9 Å². The molecule has 12 heteroatoms. The molecule has 1 aliphatic rings. The summed E-state index contributed by atoms with van der Waals surface area (Å²) in [5.74, 6) is -3.83. The summed E-state index contributed by atoms with van der Waals surface area (Å²) in [6, 6.07) is 8.54. The van der Waals surface area contributed by atoms with E-state index in [4.69, 9.17) is 4.74 Å². The van der Waals surface area contributed by atoms with Gasteiger partial charge in [-0.15, -0.1) is 0 Å². The van der Waals surface area contributed by atoms with Crippen LogP contribution in [-0.4, -0.2) is 39.3 Å². The van der Waals surface area contributed by atoms with Crippen molar-refractivity contribution in [3.63, 3.8) is 0 Å². The van der Waals surface area contributed by atoms with Crippen LogP contribution >= 0.6 is 11.3 Å². The number of halogens is 1. The molecular weight excluding hydrogens is 493 g/mol. The van der Waals surface area contributed by atoms with Crippen LogP contribution in [0.2, 0.25) is 0 Å². The zero-order valence-electron chi connectivity index (χ0n) is 18.9. The second kappa shape index (κ2) is 9.66. The lowest BCUT2D eigenvalue weighted by Gasteiger charge is -2.22. The number of esters is 1. The molecule has 1 saturated heterocycles. The Labute approximate surface area is 207 Å². The largest absolute Gasteiger partial charge is 0.507 e. The summed E-state index contributed by atoms with van der Waals surface area (Å²) < 4.78 is 18.5.